The lowest BCUT2D eigenvalue weighted by Gasteiger charge is -2.18. The third kappa shape index (κ3) is 3.76. The van der Waals surface area contributed by atoms with Gasteiger partial charge in [0.05, 0.1) is 5.02 Å². The lowest BCUT2D eigenvalue weighted by Crippen LogP contribution is -2.02. The summed E-state index contributed by atoms with van der Waals surface area (Å²) in [5.74, 6) is 0.0385. The summed E-state index contributed by atoms with van der Waals surface area (Å²) in [6, 6.07) is 8.69. The van der Waals surface area contributed by atoms with Gasteiger partial charge in [0.1, 0.15) is 5.82 Å². The number of halogens is 4. The van der Waals surface area contributed by atoms with Crippen molar-refractivity contribution in [2.45, 2.75) is 39.0 Å². The largest absolute Gasteiger partial charge is 0.205 e. The van der Waals surface area contributed by atoms with Crippen LogP contribution in [0.1, 0.15) is 49.3 Å². The van der Waals surface area contributed by atoms with E-state index in [4.69, 9.17) is 34.8 Å². The molecule has 0 aliphatic rings. The summed E-state index contributed by atoms with van der Waals surface area (Å²) in [7, 11) is 0. The van der Waals surface area contributed by atoms with E-state index in [1.807, 2.05) is 12.1 Å². The Bertz CT molecular complexity index is 680. The van der Waals surface area contributed by atoms with E-state index in [0.29, 0.717) is 5.02 Å². The highest BCUT2D eigenvalue weighted by Gasteiger charge is 2.16. The predicted octanol–water partition coefficient (Wildman–Crippen LogP) is 7.26. The minimum Gasteiger partial charge on any atom is -0.205 e. The fourth-order valence-corrected chi connectivity index (χ4v) is 3.64. The van der Waals surface area contributed by atoms with Crippen molar-refractivity contribution in [3.8, 4) is 0 Å². The second-order valence-electron chi connectivity index (χ2n) is 5.87. The molecule has 2 rings (SSSR count). The normalized spacial score (nSPS) is 12.7. The molecule has 22 heavy (non-hydrogen) atoms. The standard InChI is InChI=1S/C18H18Cl3F/c1-10(2)17-14(19)6-4-13(18(17)21)8-11(3)12-5-7-16(22)15(20)9-12/h4-7,9-11H,8H2,1-3H3. The highest BCUT2D eigenvalue weighted by atomic mass is 35.5. The molecule has 0 saturated carbocycles. The number of hydrogen-bond acceptors (Lipinski definition) is 0. The van der Waals surface area contributed by atoms with Crippen molar-refractivity contribution in [3.63, 3.8) is 0 Å². The van der Waals surface area contributed by atoms with Crippen LogP contribution in [0.3, 0.4) is 0 Å². The van der Waals surface area contributed by atoms with Crippen LogP contribution in [0.5, 0.6) is 0 Å². The third-order valence-electron chi connectivity index (χ3n) is 3.82. The molecule has 118 valence electrons. The topological polar surface area (TPSA) is 0 Å². The fourth-order valence-electron chi connectivity index (χ4n) is 2.57. The van der Waals surface area contributed by atoms with Gasteiger partial charge in [-0.15, -0.1) is 0 Å². The highest BCUT2D eigenvalue weighted by Crippen LogP contribution is 2.36. The highest BCUT2D eigenvalue weighted by molar-refractivity contribution is 6.36. The van der Waals surface area contributed by atoms with Gasteiger partial charge in [-0.2, -0.15) is 0 Å². The van der Waals surface area contributed by atoms with Crippen LogP contribution in [0.25, 0.3) is 0 Å². The van der Waals surface area contributed by atoms with Gasteiger partial charge in [0.2, 0.25) is 0 Å². The van der Waals surface area contributed by atoms with E-state index in [9.17, 15) is 4.39 Å². The Balaban J connectivity index is 2.30. The van der Waals surface area contributed by atoms with Crippen molar-refractivity contribution < 1.29 is 4.39 Å². The number of rotatable bonds is 4. The Morgan fingerprint density at radius 1 is 0.955 bits per heavy atom. The Labute approximate surface area is 146 Å². The third-order valence-corrected chi connectivity index (χ3v) is 4.89. The molecule has 0 saturated heterocycles. The molecular formula is C18H18Cl3F. The fraction of sp³-hybridized carbons (Fsp3) is 0.333. The Morgan fingerprint density at radius 3 is 2.23 bits per heavy atom. The first kappa shape index (κ1) is 17.6. The molecule has 1 unspecified atom stereocenters. The number of hydrogen-bond donors (Lipinski definition) is 0. The van der Waals surface area contributed by atoms with E-state index in [1.165, 1.54) is 6.07 Å². The van der Waals surface area contributed by atoms with Gasteiger partial charge in [-0.25, -0.2) is 4.39 Å². The van der Waals surface area contributed by atoms with Crippen LogP contribution in [-0.4, -0.2) is 0 Å². The zero-order valence-corrected chi connectivity index (χ0v) is 15.0. The summed E-state index contributed by atoms with van der Waals surface area (Å²) in [5, 5.41) is 1.57. The molecule has 0 amide bonds. The maximum Gasteiger partial charge on any atom is 0.141 e. The predicted molar refractivity (Wildman–Crippen MR) is 94.1 cm³/mol. The molecule has 2 aromatic rings. The van der Waals surface area contributed by atoms with Gasteiger partial charge in [0.25, 0.3) is 0 Å². The van der Waals surface area contributed by atoms with Crippen LogP contribution in [0.4, 0.5) is 4.39 Å². The van der Waals surface area contributed by atoms with Crippen molar-refractivity contribution in [2.75, 3.05) is 0 Å². The summed E-state index contributed by atoms with van der Waals surface area (Å²) in [6.07, 6.45) is 0.748. The summed E-state index contributed by atoms with van der Waals surface area (Å²) in [6.45, 7) is 6.21. The Morgan fingerprint density at radius 2 is 1.64 bits per heavy atom. The lowest BCUT2D eigenvalue weighted by molar-refractivity contribution is 0.625. The van der Waals surface area contributed by atoms with Crippen LogP contribution >= 0.6 is 34.8 Å². The smallest absolute Gasteiger partial charge is 0.141 e. The molecule has 2 aromatic carbocycles. The first-order valence-corrected chi connectivity index (χ1v) is 8.36. The molecule has 0 aromatic heterocycles. The zero-order chi connectivity index (χ0) is 16.4. The van der Waals surface area contributed by atoms with E-state index in [1.54, 1.807) is 12.1 Å². The molecule has 4 heteroatoms. The summed E-state index contributed by atoms with van der Waals surface area (Å²) < 4.78 is 13.3. The van der Waals surface area contributed by atoms with E-state index in [2.05, 4.69) is 20.8 Å². The van der Waals surface area contributed by atoms with E-state index in [0.717, 1.165) is 28.1 Å². The quantitative estimate of drug-likeness (QED) is 0.539. The second kappa shape index (κ2) is 7.21. The van der Waals surface area contributed by atoms with Gasteiger partial charge in [0.15, 0.2) is 0 Å². The van der Waals surface area contributed by atoms with Gasteiger partial charge >= 0.3 is 0 Å². The molecule has 0 spiro atoms. The minimum absolute atomic E-state index is 0.148. The summed E-state index contributed by atoms with van der Waals surface area (Å²) in [4.78, 5) is 0. The van der Waals surface area contributed by atoms with Crippen LogP contribution < -0.4 is 0 Å². The molecule has 0 aliphatic heterocycles. The van der Waals surface area contributed by atoms with Gasteiger partial charge in [-0.05, 0) is 53.1 Å². The first-order valence-electron chi connectivity index (χ1n) is 7.23. The average Bonchev–Trinajstić information content (AvgIpc) is 2.44. The molecule has 0 bridgehead atoms. The maximum atomic E-state index is 13.3. The van der Waals surface area contributed by atoms with Crippen LogP contribution in [0.2, 0.25) is 15.1 Å². The van der Waals surface area contributed by atoms with Gasteiger partial charge in [-0.3, -0.25) is 0 Å². The van der Waals surface area contributed by atoms with E-state index >= 15 is 0 Å². The molecule has 0 nitrogen and oxygen atoms in total. The number of benzene rings is 2. The monoisotopic (exact) mass is 358 g/mol. The molecule has 0 radical (unpaired) electrons. The summed E-state index contributed by atoms with van der Waals surface area (Å²) in [5.41, 5.74) is 3.01. The molecule has 1 atom stereocenters. The molecule has 0 fully saturated rings. The van der Waals surface area contributed by atoms with E-state index < -0.39 is 5.82 Å². The van der Waals surface area contributed by atoms with Gasteiger partial charge in [0, 0.05) is 10.0 Å². The Kier molecular flexibility index (Phi) is 5.76. The van der Waals surface area contributed by atoms with Crippen LogP contribution in [0, 0.1) is 5.82 Å². The molecule has 0 N–H and O–H groups in total. The zero-order valence-electron chi connectivity index (χ0n) is 12.8. The SMILES string of the molecule is CC(C)c1c(Cl)ccc(CC(C)c2ccc(F)c(Cl)c2)c1Cl. The van der Waals surface area contributed by atoms with Crippen LogP contribution in [-0.2, 0) is 6.42 Å². The van der Waals surface area contributed by atoms with Crippen molar-refractivity contribution in [1.82, 2.24) is 0 Å². The van der Waals surface area contributed by atoms with Gasteiger partial charge < -0.3 is 0 Å². The molecule has 0 aliphatic carbocycles. The van der Waals surface area contributed by atoms with Crippen molar-refractivity contribution in [1.29, 1.82) is 0 Å². The first-order chi connectivity index (χ1) is 10.3. The van der Waals surface area contributed by atoms with Gasteiger partial charge in [-0.1, -0.05) is 67.7 Å². The van der Waals surface area contributed by atoms with Crippen molar-refractivity contribution in [3.05, 3.63) is 67.9 Å². The average molecular weight is 360 g/mol. The second-order valence-corrected chi connectivity index (χ2v) is 7.06. The van der Waals surface area contributed by atoms with E-state index in [-0.39, 0.29) is 16.9 Å². The molecule has 0 heterocycles. The van der Waals surface area contributed by atoms with Crippen LogP contribution in [0.15, 0.2) is 30.3 Å². The lowest BCUT2D eigenvalue weighted by atomic mass is 9.91. The summed E-state index contributed by atoms with van der Waals surface area (Å²) >= 11 is 18.6. The minimum atomic E-state index is -0.399. The van der Waals surface area contributed by atoms with Crippen molar-refractivity contribution in [2.24, 2.45) is 0 Å². The maximum absolute atomic E-state index is 13.3. The Hall–Kier alpha value is -0.760. The molecular weight excluding hydrogens is 342 g/mol. The van der Waals surface area contributed by atoms with Crippen molar-refractivity contribution >= 4 is 34.8 Å².